The van der Waals surface area contributed by atoms with Gasteiger partial charge in [-0.25, -0.2) is 0 Å². The molecule has 0 saturated heterocycles. The molecule has 9 nitrogen and oxygen atoms in total. The third-order valence-corrected chi connectivity index (χ3v) is 8.20. The van der Waals surface area contributed by atoms with Crippen molar-refractivity contribution in [1.29, 1.82) is 0 Å². The minimum absolute atomic E-state index is 0.0275. The van der Waals surface area contributed by atoms with Crippen LogP contribution in [-0.2, 0) is 28.3 Å². The molecule has 0 unspecified atom stereocenters. The first kappa shape index (κ1) is 32.2. The molecule has 4 aromatic carbocycles. The van der Waals surface area contributed by atoms with E-state index in [-0.39, 0.29) is 37.9 Å². The molecule has 0 aliphatic carbocycles. The summed E-state index contributed by atoms with van der Waals surface area (Å²) in [6, 6.07) is 30.6. The molecule has 0 bridgehead atoms. The number of nitrogen functional groups attached to an aromatic ring is 1. The second-order valence-electron chi connectivity index (χ2n) is 11.4. The van der Waals surface area contributed by atoms with Gasteiger partial charge in [0, 0.05) is 47.9 Å². The van der Waals surface area contributed by atoms with Crippen molar-refractivity contribution < 1.29 is 24.6 Å². The number of aliphatic hydroxyl groups is 2. The number of benzene rings is 4. The van der Waals surface area contributed by atoms with E-state index in [2.05, 4.69) is 5.32 Å². The molecule has 5 N–H and O–H groups in total. The SMILES string of the molecule is C[C@@H](/C=C/CC(=O)N(CCO)Cc1ccccc1)[C@]1(O)C(=O)N(Cc2ccccc2)c2ccc(NC(=O)c3ccc(N)cc3)cc21. The normalized spacial score (nSPS) is 16.3. The Labute approximate surface area is 268 Å². The molecule has 236 valence electrons. The number of carbonyl (C=O) groups excluding carboxylic acids is 3. The van der Waals surface area contributed by atoms with Gasteiger partial charge in [-0.05, 0) is 53.6 Å². The van der Waals surface area contributed by atoms with Gasteiger partial charge in [-0.1, -0.05) is 79.7 Å². The zero-order chi connectivity index (χ0) is 32.7. The third kappa shape index (κ3) is 7.01. The number of nitrogens with two attached hydrogens (primary N) is 1. The van der Waals surface area contributed by atoms with Crippen LogP contribution in [-0.4, -0.2) is 46.0 Å². The number of amides is 3. The zero-order valence-corrected chi connectivity index (χ0v) is 25.7. The number of rotatable bonds is 12. The van der Waals surface area contributed by atoms with Crippen LogP contribution in [0.1, 0.15) is 40.4 Å². The minimum atomic E-state index is -1.96. The van der Waals surface area contributed by atoms with E-state index in [1.165, 1.54) is 0 Å². The van der Waals surface area contributed by atoms with Crippen LogP contribution < -0.4 is 16.0 Å². The first-order chi connectivity index (χ1) is 22.2. The number of hydrogen-bond donors (Lipinski definition) is 4. The Hall–Kier alpha value is -5.25. The van der Waals surface area contributed by atoms with Gasteiger partial charge in [0.25, 0.3) is 11.8 Å². The van der Waals surface area contributed by atoms with Crippen molar-refractivity contribution in [2.24, 2.45) is 5.92 Å². The first-order valence-corrected chi connectivity index (χ1v) is 15.2. The van der Waals surface area contributed by atoms with E-state index < -0.39 is 17.4 Å². The molecule has 2 atom stereocenters. The summed E-state index contributed by atoms with van der Waals surface area (Å²) in [7, 11) is 0. The fourth-order valence-corrected chi connectivity index (χ4v) is 5.64. The fourth-order valence-electron chi connectivity index (χ4n) is 5.64. The fraction of sp³-hybridized carbons (Fsp3) is 0.216. The van der Waals surface area contributed by atoms with Crippen molar-refractivity contribution >= 4 is 34.8 Å². The lowest BCUT2D eigenvalue weighted by Gasteiger charge is -2.28. The summed E-state index contributed by atoms with van der Waals surface area (Å²) < 4.78 is 0. The van der Waals surface area contributed by atoms with E-state index in [4.69, 9.17) is 5.73 Å². The van der Waals surface area contributed by atoms with E-state index in [9.17, 15) is 24.6 Å². The van der Waals surface area contributed by atoms with Crippen LogP contribution in [0.25, 0.3) is 0 Å². The van der Waals surface area contributed by atoms with Gasteiger partial charge < -0.3 is 31.1 Å². The summed E-state index contributed by atoms with van der Waals surface area (Å²) in [4.78, 5) is 43.2. The standard InChI is InChI=1S/C37H38N4O5/c1-26(9-8-14-34(43)40(21-22-42)24-27-10-4-2-5-11-27)37(46)32-23-31(39-35(44)29-15-17-30(38)18-16-29)19-20-33(32)41(36(37)45)25-28-12-6-3-7-13-28/h2-13,15-20,23,26,42,46H,14,21-22,24-25,38H2,1H3,(H,39,44)/b9-8+/t26-,37+/m0/s1. The Morgan fingerprint density at radius 2 is 1.61 bits per heavy atom. The number of carbonyl (C=O) groups is 3. The van der Waals surface area contributed by atoms with Gasteiger partial charge in [0.2, 0.25) is 5.91 Å². The van der Waals surface area contributed by atoms with E-state index in [1.54, 1.807) is 71.3 Å². The Morgan fingerprint density at radius 1 is 0.957 bits per heavy atom. The molecule has 46 heavy (non-hydrogen) atoms. The maximum atomic E-state index is 14.1. The van der Waals surface area contributed by atoms with Gasteiger partial charge in [-0.15, -0.1) is 0 Å². The monoisotopic (exact) mass is 618 g/mol. The molecule has 1 aliphatic rings. The lowest BCUT2D eigenvalue weighted by Crippen LogP contribution is -2.44. The van der Waals surface area contributed by atoms with E-state index in [1.807, 2.05) is 60.7 Å². The van der Waals surface area contributed by atoms with Crippen molar-refractivity contribution in [1.82, 2.24) is 4.90 Å². The predicted molar refractivity (Wildman–Crippen MR) is 179 cm³/mol. The van der Waals surface area contributed by atoms with Crippen LogP contribution in [0.4, 0.5) is 17.1 Å². The molecule has 3 amide bonds. The van der Waals surface area contributed by atoms with Crippen LogP contribution in [0.15, 0.2) is 115 Å². The highest BCUT2D eigenvalue weighted by molar-refractivity contribution is 6.09. The van der Waals surface area contributed by atoms with Gasteiger partial charge >= 0.3 is 0 Å². The third-order valence-electron chi connectivity index (χ3n) is 8.20. The molecule has 9 heteroatoms. The van der Waals surface area contributed by atoms with E-state index in [0.717, 1.165) is 11.1 Å². The lowest BCUT2D eigenvalue weighted by molar-refractivity contribution is -0.139. The summed E-state index contributed by atoms with van der Waals surface area (Å²) in [6.07, 6.45) is 3.35. The van der Waals surface area contributed by atoms with Crippen LogP contribution in [0.5, 0.6) is 0 Å². The average molecular weight is 619 g/mol. The van der Waals surface area contributed by atoms with Gasteiger partial charge in [-0.3, -0.25) is 14.4 Å². The van der Waals surface area contributed by atoms with E-state index >= 15 is 0 Å². The summed E-state index contributed by atoms with van der Waals surface area (Å²) in [5.41, 5.74) is 7.90. The first-order valence-electron chi connectivity index (χ1n) is 15.2. The number of hydrogen-bond acceptors (Lipinski definition) is 6. The molecule has 0 fully saturated rings. The molecule has 4 aromatic rings. The van der Waals surface area contributed by atoms with Gasteiger partial charge in [-0.2, -0.15) is 0 Å². The number of nitrogens with zero attached hydrogens (tertiary/aromatic N) is 2. The maximum absolute atomic E-state index is 14.1. The largest absolute Gasteiger partial charge is 0.399 e. The van der Waals surface area contributed by atoms with Gasteiger partial charge in [0.15, 0.2) is 5.60 Å². The van der Waals surface area contributed by atoms with Crippen molar-refractivity contribution in [2.75, 3.05) is 29.1 Å². The van der Waals surface area contributed by atoms with Crippen molar-refractivity contribution in [3.63, 3.8) is 0 Å². The Morgan fingerprint density at radius 3 is 2.26 bits per heavy atom. The maximum Gasteiger partial charge on any atom is 0.264 e. The molecule has 5 rings (SSSR count). The smallest absolute Gasteiger partial charge is 0.264 e. The van der Waals surface area contributed by atoms with Gasteiger partial charge in [0.1, 0.15) is 0 Å². The van der Waals surface area contributed by atoms with Gasteiger partial charge in [0.05, 0.1) is 18.8 Å². The van der Waals surface area contributed by atoms with Crippen LogP contribution >= 0.6 is 0 Å². The Bertz CT molecular complexity index is 1710. The summed E-state index contributed by atoms with van der Waals surface area (Å²) in [6.45, 7) is 2.35. The zero-order valence-electron chi connectivity index (χ0n) is 25.7. The highest BCUT2D eigenvalue weighted by Crippen LogP contribution is 2.47. The molecule has 0 radical (unpaired) electrons. The van der Waals surface area contributed by atoms with Crippen molar-refractivity contribution in [3.05, 3.63) is 138 Å². The number of anilines is 3. The number of fused-ring (bicyclic) bond motifs is 1. The topological polar surface area (TPSA) is 136 Å². The quantitative estimate of drug-likeness (QED) is 0.132. The van der Waals surface area contributed by atoms with E-state index in [0.29, 0.717) is 34.7 Å². The van der Waals surface area contributed by atoms with Crippen LogP contribution in [0.3, 0.4) is 0 Å². The highest BCUT2D eigenvalue weighted by Gasteiger charge is 2.52. The second-order valence-corrected chi connectivity index (χ2v) is 11.4. The molecular formula is C37H38N4O5. The molecule has 0 saturated carbocycles. The summed E-state index contributed by atoms with van der Waals surface area (Å²) >= 11 is 0. The minimum Gasteiger partial charge on any atom is -0.399 e. The summed E-state index contributed by atoms with van der Waals surface area (Å²) in [5.74, 6) is -1.77. The van der Waals surface area contributed by atoms with Crippen LogP contribution in [0, 0.1) is 5.92 Å². The number of aliphatic hydroxyl groups excluding tert-OH is 1. The second kappa shape index (κ2) is 14.2. The average Bonchev–Trinajstić information content (AvgIpc) is 3.27. The highest BCUT2D eigenvalue weighted by atomic mass is 16.3. The van der Waals surface area contributed by atoms with Crippen molar-refractivity contribution in [3.8, 4) is 0 Å². The number of nitrogens with one attached hydrogen (secondary N) is 1. The summed E-state index contributed by atoms with van der Waals surface area (Å²) in [5, 5.41) is 24.6. The Kier molecular flexibility index (Phi) is 9.95. The molecule has 0 aromatic heterocycles. The molecule has 0 spiro atoms. The van der Waals surface area contributed by atoms with Crippen molar-refractivity contribution in [2.45, 2.75) is 32.0 Å². The van der Waals surface area contributed by atoms with Crippen LogP contribution in [0.2, 0.25) is 0 Å². The molecular weight excluding hydrogens is 580 g/mol. The predicted octanol–water partition coefficient (Wildman–Crippen LogP) is 4.86. The molecule has 1 heterocycles. The Balaban J connectivity index is 1.39. The molecule has 1 aliphatic heterocycles. The lowest BCUT2D eigenvalue weighted by atomic mass is 9.82.